The van der Waals surface area contributed by atoms with Crippen molar-refractivity contribution in [3.05, 3.63) is 76.1 Å². The molecule has 2 amide bonds. The Bertz CT molecular complexity index is 1730. The number of amides is 2. The Labute approximate surface area is 272 Å². The molecule has 0 spiro atoms. The van der Waals surface area contributed by atoms with Gasteiger partial charge in [0, 0.05) is 18.9 Å². The number of anilines is 2. The maximum absolute atomic E-state index is 14.6. The highest BCUT2D eigenvalue weighted by Gasteiger charge is 2.34. The standard InChI is InChI=1S/C23H15F5N4O3S.C10H20O/c1-10-30-15-5-6-17(35-2)19(20(15)36-10)22(34)32-16-9-29-8-14(25)18(16)21(33)31-11-3-4-13(24)12(7-11)23(26,27)28;1-3-5-10-6-9(4-2)7-11-8-10/h3-9H,1-2H3,(H,31,33)(H,32,34);9-10H,3-8H2,1-2H3. The van der Waals surface area contributed by atoms with E-state index >= 15 is 0 Å². The summed E-state index contributed by atoms with van der Waals surface area (Å²) in [5, 5.41) is 5.18. The van der Waals surface area contributed by atoms with Crippen LogP contribution in [0.5, 0.6) is 5.75 Å². The Hall–Kier alpha value is -4.17. The number of aryl methyl sites for hydroxylation is 1. The lowest BCUT2D eigenvalue weighted by Crippen LogP contribution is -2.24. The maximum atomic E-state index is 14.6. The predicted molar refractivity (Wildman–Crippen MR) is 170 cm³/mol. The number of halogens is 5. The average Bonchev–Trinajstić information content (AvgIpc) is 3.41. The summed E-state index contributed by atoms with van der Waals surface area (Å²) in [6.07, 6.45) is 2.06. The third kappa shape index (κ3) is 8.80. The van der Waals surface area contributed by atoms with Gasteiger partial charge in [0.05, 0.1) is 46.0 Å². The van der Waals surface area contributed by atoms with Gasteiger partial charge in [0.25, 0.3) is 11.8 Å². The number of pyridine rings is 1. The van der Waals surface area contributed by atoms with E-state index in [9.17, 15) is 31.5 Å². The van der Waals surface area contributed by atoms with Crippen LogP contribution in [0, 0.1) is 30.4 Å². The van der Waals surface area contributed by atoms with Crippen molar-refractivity contribution in [3.8, 4) is 5.75 Å². The summed E-state index contributed by atoms with van der Waals surface area (Å²) in [4.78, 5) is 34.0. The second kappa shape index (κ2) is 15.6. The van der Waals surface area contributed by atoms with Crippen molar-refractivity contribution in [1.82, 2.24) is 9.97 Å². The molecule has 0 radical (unpaired) electrons. The maximum Gasteiger partial charge on any atom is 0.419 e. The molecule has 2 aromatic carbocycles. The first-order chi connectivity index (χ1) is 22.4. The number of benzene rings is 2. The minimum atomic E-state index is -5.01. The second-order valence-electron chi connectivity index (χ2n) is 11.1. The summed E-state index contributed by atoms with van der Waals surface area (Å²) >= 11 is 1.22. The van der Waals surface area contributed by atoms with Crippen LogP contribution in [0.2, 0.25) is 0 Å². The number of aromatic nitrogens is 2. The molecule has 2 atom stereocenters. The van der Waals surface area contributed by atoms with Crippen molar-refractivity contribution in [2.24, 2.45) is 11.8 Å². The van der Waals surface area contributed by atoms with Crippen molar-refractivity contribution in [2.75, 3.05) is 31.0 Å². The fraction of sp³-hybridized carbons (Fsp3) is 0.394. The monoisotopic (exact) mass is 678 g/mol. The van der Waals surface area contributed by atoms with Gasteiger partial charge in [-0.1, -0.05) is 26.7 Å². The van der Waals surface area contributed by atoms with Gasteiger partial charge in [0.15, 0.2) is 5.82 Å². The number of thiazole rings is 1. The number of fused-ring (bicyclic) bond motifs is 1. The molecular formula is C33H35F5N4O4S. The zero-order valence-corrected chi connectivity index (χ0v) is 27.1. The van der Waals surface area contributed by atoms with Crippen LogP contribution < -0.4 is 15.4 Å². The van der Waals surface area contributed by atoms with Crippen LogP contribution in [0.4, 0.5) is 33.3 Å². The zero-order chi connectivity index (χ0) is 34.3. The Kier molecular flexibility index (Phi) is 11.9. The number of hydrogen-bond acceptors (Lipinski definition) is 7. The lowest BCUT2D eigenvalue weighted by atomic mass is 9.89. The molecule has 8 nitrogen and oxygen atoms in total. The number of nitrogens with zero attached hydrogens (tertiary/aromatic N) is 2. The van der Waals surface area contributed by atoms with Crippen LogP contribution in [-0.2, 0) is 10.9 Å². The van der Waals surface area contributed by atoms with Crippen molar-refractivity contribution >= 4 is 44.7 Å². The van der Waals surface area contributed by atoms with Gasteiger partial charge in [-0.2, -0.15) is 13.2 Å². The van der Waals surface area contributed by atoms with Crippen LogP contribution in [0.25, 0.3) is 10.2 Å². The summed E-state index contributed by atoms with van der Waals surface area (Å²) in [5.41, 5.74) is -2.48. The van der Waals surface area contributed by atoms with Crippen molar-refractivity contribution in [2.45, 2.75) is 52.6 Å². The molecule has 4 aromatic rings. The fourth-order valence-corrected chi connectivity index (χ4v) is 6.29. The minimum Gasteiger partial charge on any atom is -0.496 e. The Morgan fingerprint density at radius 2 is 1.72 bits per heavy atom. The normalized spacial score (nSPS) is 16.3. The van der Waals surface area contributed by atoms with Crippen LogP contribution in [-0.4, -0.2) is 42.1 Å². The second-order valence-corrected chi connectivity index (χ2v) is 12.3. The molecule has 0 bridgehead atoms. The summed E-state index contributed by atoms with van der Waals surface area (Å²) < 4.78 is 78.6. The Balaban J connectivity index is 0.000000385. The third-order valence-corrected chi connectivity index (χ3v) is 8.63. The van der Waals surface area contributed by atoms with Crippen LogP contribution in [0.15, 0.2) is 42.7 Å². The van der Waals surface area contributed by atoms with Gasteiger partial charge in [-0.15, -0.1) is 11.3 Å². The summed E-state index contributed by atoms with van der Waals surface area (Å²) in [5.74, 6) is -2.73. The highest BCUT2D eigenvalue weighted by atomic mass is 32.1. The number of ether oxygens (including phenoxy) is 2. The van der Waals surface area contributed by atoms with Crippen molar-refractivity contribution in [1.29, 1.82) is 0 Å². The van der Waals surface area contributed by atoms with Gasteiger partial charge in [-0.05, 0) is 61.9 Å². The molecule has 252 valence electrons. The first-order valence-corrected chi connectivity index (χ1v) is 15.8. The van der Waals surface area contributed by atoms with E-state index in [1.807, 2.05) is 0 Å². The topological polar surface area (TPSA) is 102 Å². The Morgan fingerprint density at radius 1 is 1.00 bits per heavy atom. The zero-order valence-electron chi connectivity index (χ0n) is 26.3. The molecule has 3 heterocycles. The van der Waals surface area contributed by atoms with Gasteiger partial charge in [-0.3, -0.25) is 14.6 Å². The molecule has 1 aliphatic rings. The molecule has 14 heteroatoms. The highest BCUT2D eigenvalue weighted by molar-refractivity contribution is 7.19. The number of hydrogen-bond donors (Lipinski definition) is 2. The molecular weight excluding hydrogens is 643 g/mol. The first kappa shape index (κ1) is 35.7. The van der Waals surface area contributed by atoms with Crippen LogP contribution >= 0.6 is 11.3 Å². The van der Waals surface area contributed by atoms with Crippen LogP contribution in [0.1, 0.15) is 70.8 Å². The van der Waals surface area contributed by atoms with Crippen molar-refractivity contribution < 1.29 is 41.0 Å². The van der Waals surface area contributed by atoms with Gasteiger partial charge < -0.3 is 20.1 Å². The van der Waals surface area contributed by atoms with Gasteiger partial charge in [-0.25, -0.2) is 13.8 Å². The smallest absolute Gasteiger partial charge is 0.419 e. The number of nitrogens with one attached hydrogen (secondary N) is 2. The van der Waals surface area contributed by atoms with E-state index in [0.29, 0.717) is 33.6 Å². The lowest BCUT2D eigenvalue weighted by molar-refractivity contribution is -0.139. The molecule has 1 aliphatic heterocycles. The number of methoxy groups -OCH3 is 1. The first-order valence-electron chi connectivity index (χ1n) is 15.0. The molecule has 2 N–H and O–H groups in total. The molecule has 47 heavy (non-hydrogen) atoms. The van der Waals surface area contributed by atoms with Gasteiger partial charge >= 0.3 is 6.18 Å². The molecule has 0 saturated carbocycles. The quantitative estimate of drug-likeness (QED) is 0.181. The fourth-order valence-electron chi connectivity index (χ4n) is 5.33. The molecule has 0 aliphatic carbocycles. The molecule has 5 rings (SSSR count). The largest absolute Gasteiger partial charge is 0.496 e. The molecule has 2 unspecified atom stereocenters. The Morgan fingerprint density at radius 3 is 2.40 bits per heavy atom. The summed E-state index contributed by atoms with van der Waals surface area (Å²) in [7, 11) is 1.35. The molecule has 2 aromatic heterocycles. The SMILES string of the molecule is CCCC1COCC(CC)C1.COc1ccc2nc(C)sc2c1C(=O)Nc1cncc(F)c1C(=O)Nc1ccc(F)c(C(F)(F)F)c1. The van der Waals surface area contributed by atoms with Crippen LogP contribution in [0.3, 0.4) is 0 Å². The lowest BCUT2D eigenvalue weighted by Gasteiger charge is -2.28. The van der Waals surface area contributed by atoms with E-state index in [4.69, 9.17) is 9.47 Å². The van der Waals surface area contributed by atoms with E-state index in [1.165, 1.54) is 50.2 Å². The number of carbonyl (C=O) groups excluding carboxylic acids is 2. The van der Waals surface area contributed by atoms with E-state index in [0.717, 1.165) is 37.3 Å². The number of alkyl halides is 3. The minimum absolute atomic E-state index is 0.0876. The molecule has 1 saturated heterocycles. The predicted octanol–water partition coefficient (Wildman–Crippen LogP) is 8.66. The third-order valence-electron chi connectivity index (χ3n) is 7.63. The number of carbonyl (C=O) groups is 2. The van der Waals surface area contributed by atoms with E-state index in [2.05, 4.69) is 34.4 Å². The van der Waals surface area contributed by atoms with Crippen molar-refractivity contribution in [3.63, 3.8) is 0 Å². The van der Waals surface area contributed by atoms with E-state index in [1.54, 1.807) is 13.0 Å². The highest BCUT2D eigenvalue weighted by Crippen LogP contribution is 2.35. The number of rotatable bonds is 8. The summed E-state index contributed by atoms with van der Waals surface area (Å²) in [6.45, 7) is 8.30. The molecule has 1 fully saturated rings. The van der Waals surface area contributed by atoms with E-state index < -0.39 is 46.4 Å². The van der Waals surface area contributed by atoms with Gasteiger partial charge in [0.1, 0.15) is 22.7 Å². The summed E-state index contributed by atoms with van der Waals surface area (Å²) in [6, 6.07) is 4.98. The average molecular weight is 679 g/mol. The van der Waals surface area contributed by atoms with Gasteiger partial charge in [0.2, 0.25) is 0 Å². The van der Waals surface area contributed by atoms with E-state index in [-0.39, 0.29) is 17.0 Å².